The van der Waals surface area contributed by atoms with Crippen molar-refractivity contribution in [2.24, 2.45) is 17.8 Å². The van der Waals surface area contributed by atoms with E-state index < -0.39 is 10.0 Å². The van der Waals surface area contributed by atoms with Crippen molar-refractivity contribution >= 4 is 16.1 Å². The largest absolute Gasteiger partial charge is 0.330 e. The highest BCUT2D eigenvalue weighted by Gasteiger charge is 2.60. The maximum atomic E-state index is 13.1. The molecule has 2 amide bonds. The first kappa shape index (κ1) is 18.2. The summed E-state index contributed by atoms with van der Waals surface area (Å²) in [5, 5.41) is 3.36. The molecule has 1 heterocycles. The molecule has 6 nitrogen and oxygen atoms in total. The first-order valence-corrected chi connectivity index (χ1v) is 12.8. The number of rotatable bonds is 3. The minimum absolute atomic E-state index is 0.0837. The second kappa shape index (κ2) is 5.76. The standard InChI is InChI=1S/C22H29N3O3S/c1-29(27,28)24-21-8-14-6-17(11-21)19(18(7-14)12-21)25-13-22(23-20(25)26)9-15-4-2-3-5-16(15)10-22/h2-5,14,17-19,24H,6-13H2,1H3,(H,23,26). The molecule has 0 radical (unpaired) electrons. The molecule has 7 heteroatoms. The van der Waals surface area contributed by atoms with Gasteiger partial charge in [0.2, 0.25) is 10.0 Å². The Balaban J connectivity index is 1.25. The molecule has 5 fully saturated rings. The van der Waals surface area contributed by atoms with Gasteiger partial charge in [0.1, 0.15) is 0 Å². The topological polar surface area (TPSA) is 78.5 Å². The van der Waals surface area contributed by atoms with Gasteiger partial charge < -0.3 is 10.2 Å². The molecule has 156 valence electrons. The summed E-state index contributed by atoms with van der Waals surface area (Å²) in [5.74, 6) is 1.40. The van der Waals surface area contributed by atoms with Crippen LogP contribution in [0.1, 0.15) is 43.2 Å². The summed E-state index contributed by atoms with van der Waals surface area (Å²) in [6, 6.07) is 8.87. The molecule has 1 aromatic carbocycles. The van der Waals surface area contributed by atoms with Crippen molar-refractivity contribution in [3.8, 4) is 0 Å². The number of fused-ring (bicyclic) bond motifs is 1. The smallest absolute Gasteiger partial charge is 0.318 e. The Bertz CT molecular complexity index is 950. The first-order chi connectivity index (χ1) is 13.7. The van der Waals surface area contributed by atoms with E-state index in [9.17, 15) is 13.2 Å². The van der Waals surface area contributed by atoms with E-state index in [0.717, 1.165) is 51.5 Å². The number of amides is 2. The van der Waals surface area contributed by atoms with Crippen LogP contribution in [0, 0.1) is 17.8 Å². The normalized spacial score (nSPS) is 39.2. The van der Waals surface area contributed by atoms with E-state index >= 15 is 0 Å². The van der Waals surface area contributed by atoms with Crippen LogP contribution in [0.3, 0.4) is 0 Å². The average molecular weight is 416 g/mol. The number of benzene rings is 1. The summed E-state index contributed by atoms with van der Waals surface area (Å²) in [6.07, 6.45) is 8.06. The zero-order valence-electron chi connectivity index (χ0n) is 16.9. The van der Waals surface area contributed by atoms with Gasteiger partial charge in [-0.25, -0.2) is 17.9 Å². The van der Waals surface area contributed by atoms with Crippen LogP contribution in [0.5, 0.6) is 0 Å². The van der Waals surface area contributed by atoms with E-state index in [-0.39, 0.29) is 23.2 Å². The molecular weight excluding hydrogens is 386 g/mol. The number of carbonyl (C=O) groups excluding carboxylic acids is 1. The van der Waals surface area contributed by atoms with Gasteiger partial charge in [-0.1, -0.05) is 24.3 Å². The minimum atomic E-state index is -3.23. The van der Waals surface area contributed by atoms with Gasteiger partial charge in [0.25, 0.3) is 0 Å². The van der Waals surface area contributed by atoms with Crippen LogP contribution in [0.15, 0.2) is 24.3 Å². The monoisotopic (exact) mass is 415 g/mol. The Labute approximate surface area is 172 Å². The van der Waals surface area contributed by atoms with Crippen molar-refractivity contribution < 1.29 is 13.2 Å². The molecule has 2 N–H and O–H groups in total. The number of nitrogens with one attached hydrogen (secondary N) is 2. The van der Waals surface area contributed by atoms with Crippen LogP contribution >= 0.6 is 0 Å². The second-order valence-corrected chi connectivity index (χ2v) is 12.3. The third kappa shape index (κ3) is 2.84. The molecule has 4 saturated carbocycles. The number of hydrogen-bond donors (Lipinski definition) is 2. The highest BCUT2D eigenvalue weighted by Crippen LogP contribution is 2.57. The molecular formula is C22H29N3O3S. The summed E-state index contributed by atoms with van der Waals surface area (Å²) in [7, 11) is -3.23. The zero-order chi connectivity index (χ0) is 20.0. The lowest BCUT2D eigenvalue weighted by Crippen LogP contribution is -2.66. The summed E-state index contributed by atoms with van der Waals surface area (Å²) in [5.41, 5.74) is 2.27. The third-order valence-electron chi connectivity index (χ3n) is 8.27. The van der Waals surface area contributed by atoms with Crippen molar-refractivity contribution in [1.82, 2.24) is 14.9 Å². The Morgan fingerprint density at radius 2 is 1.69 bits per heavy atom. The Kier molecular flexibility index (Phi) is 3.61. The predicted octanol–water partition coefficient (Wildman–Crippen LogP) is 2.05. The third-order valence-corrected chi connectivity index (χ3v) is 9.07. The molecule has 1 spiro atoms. The van der Waals surface area contributed by atoms with Gasteiger partial charge in [0, 0.05) is 18.1 Å². The van der Waals surface area contributed by atoms with E-state index in [1.165, 1.54) is 17.4 Å². The van der Waals surface area contributed by atoms with Crippen LogP contribution in [0.25, 0.3) is 0 Å². The van der Waals surface area contributed by atoms with Gasteiger partial charge in [-0.05, 0) is 73.8 Å². The van der Waals surface area contributed by atoms with Gasteiger partial charge in [0.05, 0.1) is 11.8 Å². The second-order valence-electron chi connectivity index (χ2n) is 10.6. The number of sulfonamides is 1. The van der Waals surface area contributed by atoms with Crippen LogP contribution in [-0.4, -0.2) is 49.3 Å². The SMILES string of the molecule is CS(=O)(=O)NC12CC3CC(C1)C(N1CC4(Cc5ccccc5C4)NC1=O)C(C3)C2. The van der Waals surface area contributed by atoms with E-state index in [0.29, 0.717) is 17.8 Å². The number of nitrogens with zero attached hydrogens (tertiary/aromatic N) is 1. The number of hydrogen-bond acceptors (Lipinski definition) is 3. The molecule has 2 atom stereocenters. The highest BCUT2D eigenvalue weighted by molar-refractivity contribution is 7.88. The molecule has 1 saturated heterocycles. The zero-order valence-corrected chi connectivity index (χ0v) is 17.7. The molecule has 7 rings (SSSR count). The summed E-state index contributed by atoms with van der Waals surface area (Å²) < 4.78 is 27.0. The quantitative estimate of drug-likeness (QED) is 0.793. The van der Waals surface area contributed by atoms with Crippen LogP contribution in [0.2, 0.25) is 0 Å². The molecule has 4 bridgehead atoms. The molecule has 6 aliphatic rings. The fraction of sp³-hybridized carbons (Fsp3) is 0.682. The van der Waals surface area contributed by atoms with Crippen molar-refractivity contribution in [2.45, 2.75) is 62.1 Å². The van der Waals surface area contributed by atoms with E-state index in [1.807, 2.05) is 0 Å². The lowest BCUT2D eigenvalue weighted by Gasteiger charge is -2.61. The molecule has 5 aliphatic carbocycles. The van der Waals surface area contributed by atoms with Crippen LogP contribution < -0.4 is 10.0 Å². The molecule has 2 unspecified atom stereocenters. The maximum Gasteiger partial charge on any atom is 0.318 e. The van der Waals surface area contributed by atoms with Crippen molar-refractivity contribution in [3.63, 3.8) is 0 Å². The van der Waals surface area contributed by atoms with Gasteiger partial charge in [-0.15, -0.1) is 0 Å². The van der Waals surface area contributed by atoms with E-state index in [1.54, 1.807) is 0 Å². The van der Waals surface area contributed by atoms with Crippen molar-refractivity contribution in [2.75, 3.05) is 12.8 Å². The van der Waals surface area contributed by atoms with Crippen LogP contribution in [0.4, 0.5) is 4.79 Å². The number of urea groups is 1. The Hall–Kier alpha value is -1.60. The van der Waals surface area contributed by atoms with Crippen molar-refractivity contribution in [1.29, 1.82) is 0 Å². The van der Waals surface area contributed by atoms with E-state index in [2.05, 4.69) is 39.2 Å². The van der Waals surface area contributed by atoms with Gasteiger partial charge in [-0.2, -0.15) is 0 Å². The first-order valence-electron chi connectivity index (χ1n) is 10.9. The summed E-state index contributed by atoms with van der Waals surface area (Å²) in [4.78, 5) is 15.3. The average Bonchev–Trinajstić information content (AvgIpc) is 3.10. The van der Waals surface area contributed by atoms with Crippen LogP contribution in [-0.2, 0) is 22.9 Å². The van der Waals surface area contributed by atoms with Gasteiger partial charge in [0.15, 0.2) is 0 Å². The maximum absolute atomic E-state index is 13.1. The predicted molar refractivity (Wildman–Crippen MR) is 110 cm³/mol. The lowest BCUT2D eigenvalue weighted by atomic mass is 9.51. The minimum Gasteiger partial charge on any atom is -0.330 e. The molecule has 1 aromatic rings. The number of carbonyl (C=O) groups is 1. The summed E-state index contributed by atoms with van der Waals surface area (Å²) in [6.45, 7) is 0.773. The molecule has 0 aromatic heterocycles. The molecule has 29 heavy (non-hydrogen) atoms. The summed E-state index contributed by atoms with van der Waals surface area (Å²) >= 11 is 0. The van der Waals surface area contributed by atoms with Gasteiger partial charge in [-0.3, -0.25) is 0 Å². The Morgan fingerprint density at radius 1 is 1.07 bits per heavy atom. The molecule has 1 aliphatic heterocycles. The lowest BCUT2D eigenvalue weighted by molar-refractivity contribution is -0.0666. The van der Waals surface area contributed by atoms with Crippen molar-refractivity contribution in [3.05, 3.63) is 35.4 Å². The Morgan fingerprint density at radius 3 is 2.28 bits per heavy atom. The van der Waals surface area contributed by atoms with Gasteiger partial charge >= 0.3 is 6.03 Å². The fourth-order valence-corrected chi connectivity index (χ4v) is 8.93. The fourth-order valence-electron chi connectivity index (χ4n) is 7.90. The van der Waals surface area contributed by atoms with E-state index in [4.69, 9.17) is 0 Å². The highest BCUT2D eigenvalue weighted by atomic mass is 32.2.